The second-order valence-corrected chi connectivity index (χ2v) is 8.20. The maximum Gasteiger partial charge on any atom is 0.407 e. The quantitative estimate of drug-likeness (QED) is 0.201. The molecule has 0 aliphatic heterocycles. The van der Waals surface area contributed by atoms with Crippen LogP contribution in [0.15, 0.2) is 72.8 Å². The zero-order valence-corrected chi connectivity index (χ0v) is 19.1. The number of nitrogens with zero attached hydrogens (tertiary/aromatic N) is 1. The molecule has 4 rings (SSSR count). The van der Waals surface area contributed by atoms with Crippen molar-refractivity contribution in [2.24, 2.45) is 5.73 Å². The molecule has 3 aromatic rings. The van der Waals surface area contributed by atoms with Gasteiger partial charge in [0.2, 0.25) is 5.91 Å². The highest BCUT2D eigenvalue weighted by atomic mass is 16.6. The Kier molecular flexibility index (Phi) is 7.24. The number of carbonyl (C=O) groups excluding carboxylic acids is 3. The average Bonchev–Trinajstić information content (AvgIpc) is 3.19. The van der Waals surface area contributed by atoms with Gasteiger partial charge in [-0.15, -0.1) is 0 Å². The molecular formula is C26H23N3O7. The lowest BCUT2D eigenvalue weighted by molar-refractivity contribution is -0.384. The van der Waals surface area contributed by atoms with Crippen molar-refractivity contribution < 1.29 is 28.8 Å². The number of nitrogens with two attached hydrogens (primary N) is 1. The fraction of sp³-hybridized carbons (Fsp3) is 0.192. The van der Waals surface area contributed by atoms with Crippen LogP contribution in [-0.2, 0) is 14.3 Å². The molecule has 184 valence electrons. The zero-order valence-electron chi connectivity index (χ0n) is 19.1. The Balaban J connectivity index is 1.41. The third kappa shape index (κ3) is 5.49. The number of carbonyl (C=O) groups is 3. The first-order chi connectivity index (χ1) is 17.3. The Morgan fingerprint density at radius 2 is 1.53 bits per heavy atom. The minimum atomic E-state index is -1.22. The number of ether oxygens (including phenoxy) is 2. The number of primary amides is 1. The molecule has 0 fully saturated rings. The maximum atomic E-state index is 12.7. The molecule has 10 nitrogen and oxygen atoms in total. The highest BCUT2D eigenvalue weighted by Gasteiger charge is 2.30. The molecule has 1 atom stereocenters. The predicted octanol–water partition coefficient (Wildman–Crippen LogP) is 3.67. The smallest absolute Gasteiger partial charge is 0.407 e. The molecule has 0 saturated carbocycles. The third-order valence-corrected chi connectivity index (χ3v) is 5.87. The summed E-state index contributed by atoms with van der Waals surface area (Å²) in [5.41, 5.74) is 9.26. The Morgan fingerprint density at radius 3 is 2.08 bits per heavy atom. The molecule has 36 heavy (non-hydrogen) atoms. The van der Waals surface area contributed by atoms with E-state index in [0.717, 1.165) is 22.3 Å². The summed E-state index contributed by atoms with van der Waals surface area (Å²) in [5, 5.41) is 13.2. The highest BCUT2D eigenvalue weighted by molar-refractivity contribution is 5.84. The van der Waals surface area contributed by atoms with Crippen LogP contribution in [0.4, 0.5) is 10.5 Å². The molecule has 0 aromatic heterocycles. The van der Waals surface area contributed by atoms with Crippen LogP contribution in [0.1, 0.15) is 29.9 Å². The van der Waals surface area contributed by atoms with Gasteiger partial charge in [0.1, 0.15) is 18.4 Å². The number of fused-ring (bicyclic) bond motifs is 3. The van der Waals surface area contributed by atoms with E-state index in [4.69, 9.17) is 15.2 Å². The molecule has 1 aliphatic carbocycles. The van der Waals surface area contributed by atoms with Gasteiger partial charge in [0.15, 0.2) is 0 Å². The van der Waals surface area contributed by atoms with Gasteiger partial charge in [-0.2, -0.15) is 0 Å². The lowest BCUT2D eigenvalue weighted by Crippen LogP contribution is -2.44. The first kappa shape index (κ1) is 24.4. The van der Waals surface area contributed by atoms with Crippen molar-refractivity contribution >= 4 is 23.7 Å². The molecule has 0 radical (unpaired) electrons. The molecule has 0 unspecified atom stereocenters. The average molecular weight is 489 g/mol. The molecule has 3 aromatic carbocycles. The summed E-state index contributed by atoms with van der Waals surface area (Å²) in [5.74, 6) is -1.64. The number of rotatable bonds is 9. The number of hydrogen-bond donors (Lipinski definition) is 2. The van der Waals surface area contributed by atoms with Crippen molar-refractivity contribution in [1.82, 2.24) is 5.32 Å². The molecular weight excluding hydrogens is 466 g/mol. The standard InChI is InChI=1S/C26H23N3O7/c27-24(30)14-13-23(25(31)36-17-11-9-16(10-12-17)29(33)34)28-26(32)35-15-22-20-7-3-1-5-18(20)19-6-2-4-8-21(19)22/h1-12,22-23H,13-15H2,(H2,27,30)(H,28,32)/t23-/m0/s1. The topological polar surface area (TPSA) is 151 Å². The highest BCUT2D eigenvalue weighted by Crippen LogP contribution is 2.44. The van der Waals surface area contributed by atoms with Crippen LogP contribution >= 0.6 is 0 Å². The Hall–Kier alpha value is -4.73. The number of benzene rings is 3. The lowest BCUT2D eigenvalue weighted by Gasteiger charge is -2.19. The Bertz CT molecular complexity index is 1260. The Labute approximate surface area is 206 Å². The molecule has 10 heteroatoms. The van der Waals surface area contributed by atoms with Gasteiger partial charge in [-0.05, 0) is 40.8 Å². The molecule has 0 bridgehead atoms. The number of hydrogen-bond acceptors (Lipinski definition) is 7. The van der Waals surface area contributed by atoms with E-state index in [1.54, 1.807) is 0 Å². The second kappa shape index (κ2) is 10.7. The van der Waals surface area contributed by atoms with E-state index in [1.807, 2.05) is 48.5 Å². The minimum Gasteiger partial charge on any atom is -0.449 e. The number of esters is 1. The van der Waals surface area contributed by atoms with Crippen molar-refractivity contribution in [2.75, 3.05) is 6.61 Å². The normalized spacial score (nSPS) is 12.7. The zero-order chi connectivity index (χ0) is 25.7. The molecule has 3 N–H and O–H groups in total. The van der Waals surface area contributed by atoms with E-state index >= 15 is 0 Å². The van der Waals surface area contributed by atoms with Gasteiger partial charge in [0, 0.05) is 24.5 Å². The van der Waals surface area contributed by atoms with E-state index in [9.17, 15) is 24.5 Å². The summed E-state index contributed by atoms with van der Waals surface area (Å²) in [6.45, 7) is 0.0415. The van der Waals surface area contributed by atoms with Crippen LogP contribution in [0.5, 0.6) is 5.75 Å². The monoisotopic (exact) mass is 489 g/mol. The number of nitrogens with one attached hydrogen (secondary N) is 1. The van der Waals surface area contributed by atoms with Crippen LogP contribution < -0.4 is 15.8 Å². The van der Waals surface area contributed by atoms with Crippen molar-refractivity contribution in [3.8, 4) is 16.9 Å². The van der Waals surface area contributed by atoms with Crippen LogP contribution in [0.25, 0.3) is 11.1 Å². The number of nitro groups is 1. The first-order valence-corrected chi connectivity index (χ1v) is 11.2. The van der Waals surface area contributed by atoms with Gasteiger partial charge >= 0.3 is 12.1 Å². The molecule has 0 heterocycles. The summed E-state index contributed by atoms with van der Waals surface area (Å²) in [6, 6.07) is 19.4. The fourth-order valence-electron chi connectivity index (χ4n) is 4.14. The summed E-state index contributed by atoms with van der Waals surface area (Å²) in [4.78, 5) is 46.8. The maximum absolute atomic E-state index is 12.7. The van der Waals surface area contributed by atoms with Gasteiger partial charge in [-0.25, -0.2) is 9.59 Å². The lowest BCUT2D eigenvalue weighted by atomic mass is 9.98. The SMILES string of the molecule is NC(=O)CC[C@H](NC(=O)OCC1c2ccccc2-c2ccccc21)C(=O)Oc1ccc([N+](=O)[O-])cc1. The number of nitro benzene ring substituents is 1. The largest absolute Gasteiger partial charge is 0.449 e. The fourth-order valence-corrected chi connectivity index (χ4v) is 4.14. The molecule has 0 spiro atoms. The van der Waals surface area contributed by atoms with Gasteiger partial charge in [-0.1, -0.05) is 48.5 Å². The number of non-ortho nitro benzene ring substituents is 1. The van der Waals surface area contributed by atoms with E-state index in [-0.39, 0.29) is 36.8 Å². The van der Waals surface area contributed by atoms with Crippen LogP contribution in [0.3, 0.4) is 0 Å². The van der Waals surface area contributed by atoms with Crippen molar-refractivity contribution in [3.63, 3.8) is 0 Å². The van der Waals surface area contributed by atoms with E-state index < -0.39 is 28.9 Å². The van der Waals surface area contributed by atoms with Gasteiger partial charge in [-0.3, -0.25) is 14.9 Å². The van der Waals surface area contributed by atoms with E-state index in [2.05, 4.69) is 5.32 Å². The van der Waals surface area contributed by atoms with E-state index in [0.29, 0.717) is 0 Å². The second-order valence-electron chi connectivity index (χ2n) is 8.20. The summed E-state index contributed by atoms with van der Waals surface area (Å²) >= 11 is 0. The first-order valence-electron chi connectivity index (χ1n) is 11.2. The molecule has 1 aliphatic rings. The van der Waals surface area contributed by atoms with Crippen molar-refractivity contribution in [2.45, 2.75) is 24.8 Å². The Morgan fingerprint density at radius 1 is 0.944 bits per heavy atom. The van der Waals surface area contributed by atoms with Crippen molar-refractivity contribution in [1.29, 1.82) is 0 Å². The molecule has 2 amide bonds. The van der Waals surface area contributed by atoms with E-state index in [1.165, 1.54) is 24.3 Å². The molecule has 0 saturated heterocycles. The number of alkyl carbamates (subject to hydrolysis) is 1. The summed E-state index contributed by atoms with van der Waals surface area (Å²) in [6.07, 6.45) is -1.14. The third-order valence-electron chi connectivity index (χ3n) is 5.87. The minimum absolute atomic E-state index is 0.0415. The number of amides is 2. The predicted molar refractivity (Wildman–Crippen MR) is 129 cm³/mol. The van der Waals surface area contributed by atoms with Gasteiger partial charge in [0.05, 0.1) is 4.92 Å². The van der Waals surface area contributed by atoms with Crippen LogP contribution in [-0.4, -0.2) is 35.5 Å². The van der Waals surface area contributed by atoms with Gasteiger partial charge in [0.25, 0.3) is 5.69 Å². The summed E-state index contributed by atoms with van der Waals surface area (Å²) in [7, 11) is 0. The summed E-state index contributed by atoms with van der Waals surface area (Å²) < 4.78 is 10.7. The van der Waals surface area contributed by atoms with Gasteiger partial charge < -0.3 is 20.5 Å². The van der Waals surface area contributed by atoms with Crippen molar-refractivity contribution in [3.05, 3.63) is 94.0 Å². The van der Waals surface area contributed by atoms with Crippen LogP contribution in [0, 0.1) is 10.1 Å². The van der Waals surface area contributed by atoms with Crippen LogP contribution in [0.2, 0.25) is 0 Å².